The minimum atomic E-state index is -0.805. The molecule has 2 rings (SSSR count). The molecule has 1 aromatic heterocycles. The van der Waals surface area contributed by atoms with Gasteiger partial charge in [-0.15, -0.1) is 0 Å². The van der Waals surface area contributed by atoms with Crippen LogP contribution in [0.25, 0.3) is 0 Å². The summed E-state index contributed by atoms with van der Waals surface area (Å²) in [6, 6.07) is 2.49. The van der Waals surface area contributed by atoms with Gasteiger partial charge in [0.2, 0.25) is 5.91 Å². The second kappa shape index (κ2) is 4.45. The lowest BCUT2D eigenvalue weighted by Crippen LogP contribution is -2.64. The molecule has 1 aliphatic heterocycles. The van der Waals surface area contributed by atoms with Gasteiger partial charge >= 0.3 is 0 Å². The molecule has 6 heteroatoms. The summed E-state index contributed by atoms with van der Waals surface area (Å²) in [5.74, 6) is -0.458. The second-order valence-corrected chi connectivity index (χ2v) is 4.86. The van der Waals surface area contributed by atoms with Gasteiger partial charge in [-0.3, -0.25) is 9.59 Å². The molecule has 0 radical (unpaired) electrons. The predicted molar refractivity (Wildman–Crippen MR) is 62.8 cm³/mol. The van der Waals surface area contributed by atoms with Crippen molar-refractivity contribution in [1.29, 1.82) is 0 Å². The van der Waals surface area contributed by atoms with Crippen molar-refractivity contribution in [3.05, 3.63) is 24.2 Å². The van der Waals surface area contributed by atoms with E-state index in [1.165, 1.54) is 17.2 Å². The third-order valence-electron chi connectivity index (χ3n) is 2.84. The van der Waals surface area contributed by atoms with Crippen molar-refractivity contribution in [2.45, 2.75) is 25.5 Å². The van der Waals surface area contributed by atoms with E-state index in [-0.39, 0.29) is 11.7 Å². The first kappa shape index (κ1) is 12.6. The van der Waals surface area contributed by atoms with E-state index in [0.717, 1.165) is 0 Å². The molecule has 18 heavy (non-hydrogen) atoms. The number of likely N-dealkylation sites (tertiary alicyclic amines) is 1. The normalized spacial score (nSPS) is 18.9. The highest BCUT2D eigenvalue weighted by Crippen LogP contribution is 2.20. The van der Waals surface area contributed by atoms with Gasteiger partial charge in [0, 0.05) is 0 Å². The summed E-state index contributed by atoms with van der Waals surface area (Å²) in [4.78, 5) is 25.0. The summed E-state index contributed by atoms with van der Waals surface area (Å²) < 4.78 is 4.93. The van der Waals surface area contributed by atoms with E-state index in [0.29, 0.717) is 13.1 Å². The highest BCUT2D eigenvalue weighted by molar-refractivity contribution is 5.95. The van der Waals surface area contributed by atoms with Gasteiger partial charge < -0.3 is 19.7 Å². The standard InChI is InChI=1S/C12H16N2O4/c1-8(11(16)14-6-12(2,17)7-14)13-10(15)9-4-3-5-18-9/h3-5,8,17H,6-7H2,1-2H3,(H,13,15). The number of hydrogen-bond acceptors (Lipinski definition) is 4. The Morgan fingerprint density at radius 3 is 2.72 bits per heavy atom. The Balaban J connectivity index is 1.87. The number of β-amino-alcohol motifs (C(OH)–C–C–N with tert-alkyl or cyclic N) is 1. The Morgan fingerprint density at radius 2 is 2.22 bits per heavy atom. The minimum Gasteiger partial charge on any atom is -0.459 e. The summed E-state index contributed by atoms with van der Waals surface area (Å²) in [5, 5.41) is 12.1. The second-order valence-electron chi connectivity index (χ2n) is 4.86. The van der Waals surface area contributed by atoms with Crippen molar-refractivity contribution in [3.63, 3.8) is 0 Å². The van der Waals surface area contributed by atoms with Crippen LogP contribution < -0.4 is 5.32 Å². The monoisotopic (exact) mass is 252 g/mol. The maximum absolute atomic E-state index is 11.9. The van der Waals surface area contributed by atoms with Gasteiger partial charge in [0.1, 0.15) is 6.04 Å². The first-order valence-electron chi connectivity index (χ1n) is 5.74. The quantitative estimate of drug-likeness (QED) is 0.792. The molecule has 1 aromatic rings. The van der Waals surface area contributed by atoms with Gasteiger partial charge in [0.25, 0.3) is 5.91 Å². The van der Waals surface area contributed by atoms with E-state index >= 15 is 0 Å². The highest BCUT2D eigenvalue weighted by atomic mass is 16.3. The van der Waals surface area contributed by atoms with E-state index in [4.69, 9.17) is 4.42 Å². The van der Waals surface area contributed by atoms with E-state index < -0.39 is 17.6 Å². The van der Waals surface area contributed by atoms with Gasteiger partial charge in [0.15, 0.2) is 5.76 Å². The highest BCUT2D eigenvalue weighted by Gasteiger charge is 2.40. The van der Waals surface area contributed by atoms with E-state index in [2.05, 4.69) is 5.32 Å². The molecule has 0 aromatic carbocycles. The van der Waals surface area contributed by atoms with Crippen LogP contribution in [0.15, 0.2) is 22.8 Å². The van der Waals surface area contributed by atoms with Crippen molar-refractivity contribution < 1.29 is 19.1 Å². The van der Waals surface area contributed by atoms with Crippen LogP contribution in [0.3, 0.4) is 0 Å². The molecule has 1 atom stereocenters. The molecule has 1 saturated heterocycles. The Morgan fingerprint density at radius 1 is 1.56 bits per heavy atom. The van der Waals surface area contributed by atoms with Crippen molar-refractivity contribution in [2.24, 2.45) is 0 Å². The minimum absolute atomic E-state index is 0.172. The van der Waals surface area contributed by atoms with Crippen LogP contribution in [0.4, 0.5) is 0 Å². The average Bonchev–Trinajstić information content (AvgIpc) is 2.77. The first-order chi connectivity index (χ1) is 8.39. The number of hydrogen-bond donors (Lipinski definition) is 2. The number of furan rings is 1. The molecule has 2 amide bonds. The lowest BCUT2D eigenvalue weighted by Gasteiger charge is -2.45. The number of rotatable bonds is 3. The van der Waals surface area contributed by atoms with Crippen LogP contribution >= 0.6 is 0 Å². The fourth-order valence-electron chi connectivity index (χ4n) is 1.94. The maximum Gasteiger partial charge on any atom is 0.287 e. The third-order valence-corrected chi connectivity index (χ3v) is 2.84. The number of amides is 2. The molecule has 2 N–H and O–H groups in total. The smallest absolute Gasteiger partial charge is 0.287 e. The SMILES string of the molecule is CC(NC(=O)c1ccco1)C(=O)N1CC(C)(O)C1. The lowest BCUT2D eigenvalue weighted by atomic mass is 9.96. The van der Waals surface area contributed by atoms with Crippen LogP contribution in [-0.4, -0.2) is 46.6 Å². The number of aliphatic hydroxyl groups is 1. The summed E-state index contributed by atoms with van der Waals surface area (Å²) in [5.41, 5.74) is -0.805. The third kappa shape index (κ3) is 2.53. The van der Waals surface area contributed by atoms with Crippen LogP contribution in [0, 0.1) is 0 Å². The number of nitrogens with zero attached hydrogens (tertiary/aromatic N) is 1. The molecule has 2 heterocycles. The molecule has 0 saturated carbocycles. The maximum atomic E-state index is 11.9. The van der Waals surface area contributed by atoms with E-state index in [1.807, 2.05) is 0 Å². The predicted octanol–water partition coefficient (Wildman–Crippen LogP) is -0.00890. The number of carbonyl (C=O) groups excluding carboxylic acids is 2. The van der Waals surface area contributed by atoms with Crippen molar-refractivity contribution >= 4 is 11.8 Å². The number of nitrogens with one attached hydrogen (secondary N) is 1. The molecule has 1 unspecified atom stereocenters. The fourth-order valence-corrected chi connectivity index (χ4v) is 1.94. The molecule has 0 bridgehead atoms. The lowest BCUT2D eigenvalue weighted by molar-refractivity contribution is -0.153. The summed E-state index contributed by atoms with van der Waals surface area (Å²) in [6.45, 7) is 3.87. The van der Waals surface area contributed by atoms with Gasteiger partial charge in [0.05, 0.1) is 25.0 Å². The first-order valence-corrected chi connectivity index (χ1v) is 5.74. The van der Waals surface area contributed by atoms with Crippen LogP contribution in [0.2, 0.25) is 0 Å². The average molecular weight is 252 g/mol. The molecule has 98 valence electrons. The number of carbonyl (C=O) groups is 2. The zero-order valence-corrected chi connectivity index (χ0v) is 10.3. The van der Waals surface area contributed by atoms with Gasteiger partial charge in [-0.05, 0) is 26.0 Å². The zero-order valence-electron chi connectivity index (χ0n) is 10.3. The fraction of sp³-hybridized carbons (Fsp3) is 0.500. The molecule has 1 fully saturated rings. The Bertz CT molecular complexity index is 445. The molecular weight excluding hydrogens is 236 g/mol. The van der Waals surface area contributed by atoms with Gasteiger partial charge in [-0.1, -0.05) is 0 Å². The van der Waals surface area contributed by atoms with Crippen LogP contribution in [-0.2, 0) is 4.79 Å². The van der Waals surface area contributed by atoms with E-state index in [1.54, 1.807) is 19.9 Å². The van der Waals surface area contributed by atoms with Crippen molar-refractivity contribution in [1.82, 2.24) is 10.2 Å². The van der Waals surface area contributed by atoms with Gasteiger partial charge in [-0.2, -0.15) is 0 Å². The summed E-state index contributed by atoms with van der Waals surface area (Å²) in [7, 11) is 0. The van der Waals surface area contributed by atoms with Crippen molar-refractivity contribution in [3.8, 4) is 0 Å². The summed E-state index contributed by atoms with van der Waals surface area (Å²) >= 11 is 0. The topological polar surface area (TPSA) is 82.8 Å². The Labute approximate surface area is 105 Å². The molecule has 6 nitrogen and oxygen atoms in total. The van der Waals surface area contributed by atoms with Crippen molar-refractivity contribution in [2.75, 3.05) is 13.1 Å². The Kier molecular flexibility index (Phi) is 3.13. The van der Waals surface area contributed by atoms with E-state index in [9.17, 15) is 14.7 Å². The largest absolute Gasteiger partial charge is 0.459 e. The van der Waals surface area contributed by atoms with Crippen LogP contribution in [0.1, 0.15) is 24.4 Å². The zero-order chi connectivity index (χ0) is 13.3. The molecule has 1 aliphatic rings. The van der Waals surface area contributed by atoms with Gasteiger partial charge in [-0.25, -0.2) is 0 Å². The van der Waals surface area contributed by atoms with Crippen LogP contribution in [0.5, 0.6) is 0 Å². The molecule has 0 aliphatic carbocycles. The Hall–Kier alpha value is -1.82. The summed E-state index contributed by atoms with van der Waals surface area (Å²) in [6.07, 6.45) is 1.40. The molecule has 0 spiro atoms. The molecular formula is C12H16N2O4.